The molecule has 0 bridgehead atoms. The second-order valence-corrected chi connectivity index (χ2v) is 2.64. The monoisotopic (exact) mass is 225 g/mol. The quantitative estimate of drug-likeness (QED) is 0.463. The summed E-state index contributed by atoms with van der Waals surface area (Å²) in [5.74, 6) is -2.50. The SMILES string of the molecule is O=C(O)C[NH+]1C(=O)C=C(Cl)C1=O.[Cl-]. The Morgan fingerprint density at radius 2 is 2.08 bits per heavy atom. The average molecular weight is 226 g/mol. The molecule has 1 atom stereocenters. The number of carbonyl (C=O) groups is 3. The summed E-state index contributed by atoms with van der Waals surface area (Å²) in [5, 5.41) is 8.09. The smallest absolute Gasteiger partial charge is 0.364 e. The van der Waals surface area contributed by atoms with Crippen molar-refractivity contribution in [3.05, 3.63) is 11.1 Å². The lowest BCUT2D eigenvalue weighted by molar-refractivity contribution is -0.721. The van der Waals surface area contributed by atoms with E-state index in [1.807, 2.05) is 0 Å². The van der Waals surface area contributed by atoms with E-state index in [1.165, 1.54) is 0 Å². The van der Waals surface area contributed by atoms with Gasteiger partial charge in [-0.05, 0) is 0 Å². The summed E-state index contributed by atoms with van der Waals surface area (Å²) in [6.07, 6.45) is 0.933. The van der Waals surface area contributed by atoms with E-state index in [9.17, 15) is 14.4 Å². The number of nitrogens with one attached hydrogen (secondary N) is 1. The summed E-state index contributed by atoms with van der Waals surface area (Å²) in [7, 11) is 0. The Balaban J connectivity index is 0.00000144. The number of carboxylic acids is 1. The molecule has 13 heavy (non-hydrogen) atoms. The van der Waals surface area contributed by atoms with Crippen molar-refractivity contribution in [2.45, 2.75) is 0 Å². The molecule has 1 unspecified atom stereocenters. The molecule has 72 valence electrons. The van der Waals surface area contributed by atoms with Gasteiger partial charge in [-0.25, -0.2) is 14.4 Å². The molecule has 0 radical (unpaired) electrons. The number of carbonyl (C=O) groups excluding carboxylic acids is 2. The Labute approximate surface area is 84.4 Å². The Hall–Kier alpha value is -0.910. The zero-order valence-corrected chi connectivity index (χ0v) is 7.72. The molecule has 0 aliphatic carbocycles. The molecule has 0 aromatic heterocycles. The number of hydrogen-bond acceptors (Lipinski definition) is 3. The van der Waals surface area contributed by atoms with Gasteiger partial charge < -0.3 is 17.5 Å². The Morgan fingerprint density at radius 1 is 1.54 bits per heavy atom. The molecule has 0 aromatic carbocycles. The van der Waals surface area contributed by atoms with E-state index in [2.05, 4.69) is 0 Å². The molecule has 0 fully saturated rings. The Bertz CT molecular complexity index is 299. The van der Waals surface area contributed by atoms with Crippen molar-refractivity contribution in [1.29, 1.82) is 0 Å². The minimum atomic E-state index is -1.22. The van der Waals surface area contributed by atoms with Crippen molar-refractivity contribution in [3.8, 4) is 0 Å². The van der Waals surface area contributed by atoms with Gasteiger partial charge in [0.25, 0.3) is 0 Å². The predicted molar refractivity (Wildman–Crippen MR) is 37.4 cm³/mol. The van der Waals surface area contributed by atoms with E-state index in [0.29, 0.717) is 0 Å². The summed E-state index contributed by atoms with van der Waals surface area (Å²) in [4.78, 5) is 31.7. The van der Waals surface area contributed by atoms with Gasteiger partial charge in [0.05, 0.1) is 6.08 Å². The standard InChI is InChI=1S/C6H4ClNO4.ClH/c7-3-1-4(9)8(6(3)12)2-5(10)11;/h1H,2H2,(H,10,11);1H. The molecule has 0 saturated heterocycles. The number of rotatable bonds is 2. The van der Waals surface area contributed by atoms with Gasteiger partial charge in [-0.15, -0.1) is 0 Å². The first-order chi connectivity index (χ1) is 5.52. The molecule has 7 heteroatoms. The van der Waals surface area contributed by atoms with E-state index < -0.39 is 24.3 Å². The largest absolute Gasteiger partial charge is 1.00 e. The van der Waals surface area contributed by atoms with Crippen molar-refractivity contribution in [3.63, 3.8) is 0 Å². The van der Waals surface area contributed by atoms with E-state index in [-0.39, 0.29) is 22.3 Å². The zero-order valence-electron chi connectivity index (χ0n) is 6.21. The first-order valence-corrected chi connectivity index (χ1v) is 3.44. The molecule has 1 heterocycles. The van der Waals surface area contributed by atoms with Crippen LogP contribution in [0.1, 0.15) is 0 Å². The van der Waals surface area contributed by atoms with Crippen LogP contribution in [0.25, 0.3) is 0 Å². The highest BCUT2D eigenvalue weighted by atomic mass is 35.5. The summed E-state index contributed by atoms with van der Waals surface area (Å²) in [6, 6.07) is 0. The predicted octanol–water partition coefficient (Wildman–Crippen LogP) is -4.85. The van der Waals surface area contributed by atoms with Crippen molar-refractivity contribution in [2.24, 2.45) is 0 Å². The minimum absolute atomic E-state index is 0. The summed E-state index contributed by atoms with van der Waals surface area (Å²) >= 11 is 5.31. The van der Waals surface area contributed by atoms with Crippen LogP contribution in [0.2, 0.25) is 0 Å². The molecule has 0 spiro atoms. The fourth-order valence-electron chi connectivity index (χ4n) is 0.842. The van der Waals surface area contributed by atoms with Gasteiger partial charge in [-0.1, -0.05) is 11.6 Å². The molecule has 5 nitrogen and oxygen atoms in total. The normalized spacial score (nSPS) is 21.0. The van der Waals surface area contributed by atoms with Crippen LogP contribution >= 0.6 is 11.6 Å². The fourth-order valence-corrected chi connectivity index (χ4v) is 1.06. The number of quaternary nitrogens is 1. The average Bonchev–Trinajstić information content (AvgIpc) is 2.16. The van der Waals surface area contributed by atoms with Crippen LogP contribution < -0.4 is 17.3 Å². The Kier molecular flexibility index (Phi) is 4.06. The third-order valence-corrected chi connectivity index (χ3v) is 1.66. The van der Waals surface area contributed by atoms with Crippen LogP contribution in [0.4, 0.5) is 0 Å². The van der Waals surface area contributed by atoms with Gasteiger partial charge >= 0.3 is 17.8 Å². The van der Waals surface area contributed by atoms with Gasteiger partial charge in [0.1, 0.15) is 0 Å². The minimum Gasteiger partial charge on any atom is -1.00 e. The molecule has 1 aliphatic rings. The molecular weight excluding hydrogens is 221 g/mol. The molecule has 2 amide bonds. The van der Waals surface area contributed by atoms with Gasteiger partial charge in [-0.2, -0.15) is 4.90 Å². The second-order valence-electron chi connectivity index (χ2n) is 2.23. The van der Waals surface area contributed by atoms with Crippen LogP contribution in [0.5, 0.6) is 0 Å². The van der Waals surface area contributed by atoms with Crippen molar-refractivity contribution < 1.29 is 36.8 Å². The molecule has 2 N–H and O–H groups in total. The van der Waals surface area contributed by atoms with E-state index >= 15 is 0 Å². The van der Waals surface area contributed by atoms with E-state index in [4.69, 9.17) is 16.7 Å². The van der Waals surface area contributed by atoms with Crippen molar-refractivity contribution in [2.75, 3.05) is 6.54 Å². The first-order valence-electron chi connectivity index (χ1n) is 3.06. The molecule has 1 aliphatic heterocycles. The highest BCUT2D eigenvalue weighted by molar-refractivity contribution is 6.44. The first kappa shape index (κ1) is 12.1. The lowest BCUT2D eigenvalue weighted by atomic mass is 10.5. The van der Waals surface area contributed by atoms with Gasteiger partial charge in [0.2, 0.25) is 0 Å². The molecule has 0 aromatic rings. The van der Waals surface area contributed by atoms with Crippen LogP contribution in [0.15, 0.2) is 11.1 Å². The van der Waals surface area contributed by atoms with Crippen molar-refractivity contribution >= 4 is 29.4 Å². The number of aliphatic carboxylic acids is 1. The maximum Gasteiger partial charge on any atom is 0.364 e. The van der Waals surface area contributed by atoms with E-state index in [0.717, 1.165) is 6.08 Å². The van der Waals surface area contributed by atoms with Crippen molar-refractivity contribution in [1.82, 2.24) is 0 Å². The fraction of sp³-hybridized carbons (Fsp3) is 0.167. The summed E-state index contributed by atoms with van der Waals surface area (Å²) < 4.78 is 0. The molecule has 0 saturated carbocycles. The summed E-state index contributed by atoms with van der Waals surface area (Å²) in [5.41, 5.74) is 0. The lowest BCUT2D eigenvalue weighted by Gasteiger charge is -2.02. The third kappa shape index (κ3) is 2.51. The maximum absolute atomic E-state index is 10.9. The highest BCUT2D eigenvalue weighted by Crippen LogP contribution is 2.02. The lowest BCUT2D eigenvalue weighted by Crippen LogP contribution is -3.16. The van der Waals surface area contributed by atoms with Crippen LogP contribution in [0.3, 0.4) is 0 Å². The maximum atomic E-state index is 10.9. The van der Waals surface area contributed by atoms with Gasteiger partial charge in [0, 0.05) is 0 Å². The number of halogens is 2. The van der Waals surface area contributed by atoms with Crippen LogP contribution in [-0.2, 0) is 14.4 Å². The Morgan fingerprint density at radius 3 is 2.38 bits per heavy atom. The zero-order chi connectivity index (χ0) is 9.30. The van der Waals surface area contributed by atoms with Gasteiger partial charge in [0.15, 0.2) is 11.6 Å². The summed E-state index contributed by atoms with van der Waals surface area (Å²) in [6.45, 7) is -0.565. The second kappa shape index (κ2) is 4.36. The van der Waals surface area contributed by atoms with Crippen LogP contribution in [-0.4, -0.2) is 29.4 Å². The van der Waals surface area contributed by atoms with Crippen LogP contribution in [0, 0.1) is 0 Å². The van der Waals surface area contributed by atoms with E-state index in [1.54, 1.807) is 0 Å². The number of imide groups is 1. The molecular formula is C6H5Cl2NO4. The highest BCUT2D eigenvalue weighted by Gasteiger charge is 2.37. The molecule has 1 rings (SSSR count). The topological polar surface area (TPSA) is 75.9 Å². The number of carboxylic acid groups (broad SMARTS) is 1. The number of amides is 2. The number of hydrogen-bond donors (Lipinski definition) is 2. The third-order valence-electron chi connectivity index (χ3n) is 1.37. The van der Waals surface area contributed by atoms with Gasteiger partial charge in [-0.3, -0.25) is 0 Å².